The Morgan fingerprint density at radius 1 is 1.00 bits per heavy atom. The van der Waals surface area contributed by atoms with Crippen LogP contribution >= 0.6 is 0 Å². The standard InChI is InChI=1S/C22H29N5O3/c1-22(2,16-28)25-11-9-24(10-12-25)17-7-8-20(23-15-17)26-13-14-27(21(29)30)19-6-4-3-5-18(19)26/h3-8,15,28H,9-14,16H2,1-2H3,(H,29,30). The van der Waals surface area contributed by atoms with Crippen LogP contribution in [0, 0.1) is 0 Å². The van der Waals surface area contributed by atoms with Crippen LogP contribution in [0.2, 0.25) is 0 Å². The molecule has 0 radical (unpaired) electrons. The number of anilines is 4. The number of aliphatic hydroxyl groups is 1. The van der Waals surface area contributed by atoms with Crippen molar-refractivity contribution in [2.24, 2.45) is 0 Å². The molecule has 2 N–H and O–H groups in total. The summed E-state index contributed by atoms with van der Waals surface area (Å²) in [7, 11) is 0. The topological polar surface area (TPSA) is 83.4 Å². The number of aliphatic hydroxyl groups excluding tert-OH is 1. The highest BCUT2D eigenvalue weighted by atomic mass is 16.4. The van der Waals surface area contributed by atoms with Gasteiger partial charge < -0.3 is 20.0 Å². The van der Waals surface area contributed by atoms with Gasteiger partial charge in [-0.1, -0.05) is 12.1 Å². The summed E-state index contributed by atoms with van der Waals surface area (Å²) in [6.45, 7) is 8.85. The van der Waals surface area contributed by atoms with E-state index in [1.165, 1.54) is 4.90 Å². The van der Waals surface area contributed by atoms with E-state index in [4.69, 9.17) is 4.98 Å². The van der Waals surface area contributed by atoms with Crippen molar-refractivity contribution < 1.29 is 15.0 Å². The Hall–Kier alpha value is -2.84. The molecule has 8 nitrogen and oxygen atoms in total. The van der Waals surface area contributed by atoms with E-state index in [0.29, 0.717) is 18.8 Å². The molecule has 3 heterocycles. The molecule has 0 saturated carbocycles. The van der Waals surface area contributed by atoms with Gasteiger partial charge >= 0.3 is 6.09 Å². The Morgan fingerprint density at radius 2 is 1.70 bits per heavy atom. The van der Waals surface area contributed by atoms with Crippen LogP contribution in [0.15, 0.2) is 42.6 Å². The first kappa shape index (κ1) is 20.4. The van der Waals surface area contributed by atoms with Crippen LogP contribution in [-0.4, -0.2) is 77.6 Å². The first-order valence-electron chi connectivity index (χ1n) is 10.3. The summed E-state index contributed by atoms with van der Waals surface area (Å²) in [5, 5.41) is 19.1. The molecule has 2 aliphatic rings. The molecule has 2 aromatic rings. The van der Waals surface area contributed by atoms with Crippen molar-refractivity contribution in [2.75, 3.05) is 60.6 Å². The lowest BCUT2D eigenvalue weighted by Crippen LogP contribution is -2.56. The minimum atomic E-state index is -0.936. The summed E-state index contributed by atoms with van der Waals surface area (Å²) in [6.07, 6.45) is 0.961. The normalized spacial score (nSPS) is 17.8. The first-order valence-corrected chi connectivity index (χ1v) is 10.3. The number of aromatic nitrogens is 1. The zero-order valence-electron chi connectivity index (χ0n) is 17.5. The summed E-state index contributed by atoms with van der Waals surface area (Å²) >= 11 is 0. The highest BCUT2D eigenvalue weighted by Gasteiger charge is 2.30. The molecule has 0 aliphatic carbocycles. The molecule has 8 heteroatoms. The largest absolute Gasteiger partial charge is 0.465 e. The maximum Gasteiger partial charge on any atom is 0.411 e. The van der Waals surface area contributed by atoms with Gasteiger partial charge in [-0.2, -0.15) is 0 Å². The van der Waals surface area contributed by atoms with E-state index < -0.39 is 6.09 Å². The van der Waals surface area contributed by atoms with Crippen LogP contribution in [0.3, 0.4) is 0 Å². The second kappa shape index (κ2) is 8.12. The van der Waals surface area contributed by atoms with Gasteiger partial charge in [-0.05, 0) is 38.1 Å². The number of piperazine rings is 1. The number of rotatable bonds is 4. The van der Waals surface area contributed by atoms with Crippen molar-refractivity contribution in [2.45, 2.75) is 19.4 Å². The van der Waals surface area contributed by atoms with Gasteiger partial charge in [-0.25, -0.2) is 9.78 Å². The maximum atomic E-state index is 11.6. The number of carboxylic acid groups (broad SMARTS) is 1. The van der Waals surface area contributed by atoms with Crippen LogP contribution in [0.1, 0.15) is 13.8 Å². The van der Waals surface area contributed by atoms with Gasteiger partial charge in [0, 0.05) is 44.8 Å². The smallest absolute Gasteiger partial charge is 0.411 e. The zero-order chi connectivity index (χ0) is 21.3. The van der Waals surface area contributed by atoms with Gasteiger partial charge in [0.05, 0.1) is 29.9 Å². The summed E-state index contributed by atoms with van der Waals surface area (Å²) in [5.74, 6) is 0.816. The molecule has 0 spiro atoms. The number of hydrogen-bond donors (Lipinski definition) is 2. The maximum absolute atomic E-state index is 11.6. The number of hydrogen-bond acceptors (Lipinski definition) is 6. The third-order valence-electron chi connectivity index (χ3n) is 6.14. The molecule has 0 bridgehead atoms. The minimum Gasteiger partial charge on any atom is -0.465 e. The fourth-order valence-electron chi connectivity index (χ4n) is 4.19. The van der Waals surface area contributed by atoms with E-state index in [9.17, 15) is 15.0 Å². The molecular formula is C22H29N5O3. The highest BCUT2D eigenvalue weighted by molar-refractivity contribution is 5.93. The van der Waals surface area contributed by atoms with Crippen molar-refractivity contribution in [1.29, 1.82) is 0 Å². The van der Waals surface area contributed by atoms with E-state index >= 15 is 0 Å². The van der Waals surface area contributed by atoms with Crippen molar-refractivity contribution in [3.63, 3.8) is 0 Å². The average molecular weight is 412 g/mol. The third-order valence-corrected chi connectivity index (χ3v) is 6.14. The fourth-order valence-corrected chi connectivity index (χ4v) is 4.19. The summed E-state index contributed by atoms with van der Waals surface area (Å²) in [4.78, 5) is 24.3. The number of benzene rings is 1. The van der Waals surface area contributed by atoms with Gasteiger partial charge in [0.25, 0.3) is 0 Å². The number of para-hydroxylation sites is 2. The molecule has 1 amide bonds. The van der Waals surface area contributed by atoms with Gasteiger partial charge in [-0.3, -0.25) is 9.80 Å². The van der Waals surface area contributed by atoms with Crippen molar-refractivity contribution in [1.82, 2.24) is 9.88 Å². The lowest BCUT2D eigenvalue weighted by Gasteiger charge is -2.43. The van der Waals surface area contributed by atoms with E-state index in [1.54, 1.807) is 0 Å². The van der Waals surface area contributed by atoms with Crippen LogP contribution < -0.4 is 14.7 Å². The number of pyridine rings is 1. The lowest BCUT2D eigenvalue weighted by atomic mass is 10.0. The Balaban J connectivity index is 1.48. The molecule has 1 fully saturated rings. The number of fused-ring (bicyclic) bond motifs is 1. The molecule has 4 rings (SSSR count). The molecule has 1 aromatic carbocycles. The van der Waals surface area contributed by atoms with Crippen LogP contribution in [0.5, 0.6) is 0 Å². The van der Waals surface area contributed by atoms with Gasteiger partial charge in [0.2, 0.25) is 0 Å². The van der Waals surface area contributed by atoms with Crippen molar-refractivity contribution in [3.8, 4) is 0 Å². The molecule has 1 saturated heterocycles. The van der Waals surface area contributed by atoms with E-state index in [-0.39, 0.29) is 12.1 Å². The molecule has 1 aromatic heterocycles. The first-order chi connectivity index (χ1) is 14.4. The molecular weight excluding hydrogens is 382 g/mol. The number of carbonyl (C=O) groups is 1. The predicted octanol–water partition coefficient (Wildman–Crippen LogP) is 2.61. The van der Waals surface area contributed by atoms with Gasteiger partial charge in [0.1, 0.15) is 5.82 Å². The minimum absolute atomic E-state index is 0.153. The van der Waals surface area contributed by atoms with Gasteiger partial charge in [0.15, 0.2) is 0 Å². The Labute approximate surface area is 177 Å². The Bertz CT molecular complexity index is 894. The monoisotopic (exact) mass is 411 g/mol. The van der Waals surface area contributed by atoms with E-state index in [1.807, 2.05) is 36.5 Å². The van der Waals surface area contributed by atoms with Crippen LogP contribution in [-0.2, 0) is 0 Å². The van der Waals surface area contributed by atoms with Crippen LogP contribution in [0.25, 0.3) is 0 Å². The van der Waals surface area contributed by atoms with Crippen molar-refractivity contribution in [3.05, 3.63) is 42.6 Å². The SMILES string of the molecule is CC(C)(CO)N1CCN(c2ccc(N3CCN(C(=O)O)c4ccccc43)nc2)CC1. The van der Waals surface area contributed by atoms with Gasteiger partial charge in [-0.15, -0.1) is 0 Å². The third kappa shape index (κ3) is 3.80. The zero-order valence-corrected chi connectivity index (χ0v) is 17.5. The Morgan fingerprint density at radius 3 is 2.30 bits per heavy atom. The van der Waals surface area contributed by atoms with Crippen LogP contribution in [0.4, 0.5) is 27.7 Å². The fraction of sp³-hybridized carbons (Fsp3) is 0.455. The van der Waals surface area contributed by atoms with Crippen molar-refractivity contribution >= 4 is 29.0 Å². The van der Waals surface area contributed by atoms with E-state index in [0.717, 1.165) is 43.4 Å². The second-order valence-corrected chi connectivity index (χ2v) is 8.39. The number of nitrogens with zero attached hydrogens (tertiary/aromatic N) is 5. The molecule has 2 aliphatic heterocycles. The quantitative estimate of drug-likeness (QED) is 0.800. The molecule has 0 unspecified atom stereocenters. The lowest BCUT2D eigenvalue weighted by molar-refractivity contribution is 0.0527. The predicted molar refractivity (Wildman–Crippen MR) is 118 cm³/mol. The molecule has 160 valence electrons. The summed E-state index contributed by atoms with van der Waals surface area (Å²) in [6, 6.07) is 11.6. The summed E-state index contributed by atoms with van der Waals surface area (Å²) in [5.41, 5.74) is 2.42. The average Bonchev–Trinajstić information content (AvgIpc) is 2.78. The number of amides is 1. The molecule has 0 atom stereocenters. The van der Waals surface area contributed by atoms with E-state index in [2.05, 4.69) is 34.6 Å². The molecule has 30 heavy (non-hydrogen) atoms. The Kier molecular flexibility index (Phi) is 5.53. The second-order valence-electron chi connectivity index (χ2n) is 8.39. The summed E-state index contributed by atoms with van der Waals surface area (Å²) < 4.78 is 0. The highest BCUT2D eigenvalue weighted by Crippen LogP contribution is 2.37.